The summed E-state index contributed by atoms with van der Waals surface area (Å²) in [7, 11) is 0. The molecule has 1 saturated carbocycles. The third-order valence-corrected chi connectivity index (χ3v) is 3.87. The summed E-state index contributed by atoms with van der Waals surface area (Å²) in [6.45, 7) is 0.821. The number of nitrogens with zero attached hydrogens (tertiary/aromatic N) is 1. The number of nitrogens with one attached hydrogen (secondary N) is 1. The van der Waals surface area contributed by atoms with E-state index < -0.39 is 0 Å². The van der Waals surface area contributed by atoms with Gasteiger partial charge in [0.05, 0.1) is 11.2 Å². The average molecular weight is 354 g/mol. The van der Waals surface area contributed by atoms with Gasteiger partial charge in [0.2, 0.25) is 0 Å². The van der Waals surface area contributed by atoms with Gasteiger partial charge in [-0.1, -0.05) is 27.5 Å². The molecule has 1 aromatic carbocycles. The highest BCUT2D eigenvalue weighted by atomic mass is 79.9. The molecule has 3 nitrogen and oxygen atoms in total. The fourth-order valence-electron chi connectivity index (χ4n) is 1.85. The van der Waals surface area contributed by atoms with Crippen LogP contribution in [0.1, 0.15) is 18.4 Å². The summed E-state index contributed by atoms with van der Waals surface area (Å²) in [5, 5.41) is 4.03. The number of ether oxygens (including phenoxy) is 1. The van der Waals surface area contributed by atoms with Crippen molar-refractivity contribution in [3.8, 4) is 11.5 Å². The third kappa shape index (κ3) is 3.72. The zero-order valence-electron chi connectivity index (χ0n) is 10.8. The Labute approximate surface area is 131 Å². The lowest BCUT2D eigenvalue weighted by Crippen LogP contribution is -2.15. The van der Waals surface area contributed by atoms with Gasteiger partial charge >= 0.3 is 0 Å². The molecule has 3 rings (SSSR count). The topological polar surface area (TPSA) is 34.1 Å². The maximum atomic E-state index is 6.12. The molecular weight excluding hydrogens is 340 g/mol. The van der Waals surface area contributed by atoms with Crippen molar-refractivity contribution < 1.29 is 4.74 Å². The van der Waals surface area contributed by atoms with Gasteiger partial charge in [-0.05, 0) is 42.7 Å². The molecule has 20 heavy (non-hydrogen) atoms. The summed E-state index contributed by atoms with van der Waals surface area (Å²) >= 11 is 9.53. The van der Waals surface area contributed by atoms with Crippen molar-refractivity contribution in [2.45, 2.75) is 25.4 Å². The van der Waals surface area contributed by atoms with Gasteiger partial charge in [0.25, 0.3) is 0 Å². The highest BCUT2D eigenvalue weighted by Gasteiger charge is 2.20. The van der Waals surface area contributed by atoms with E-state index in [1.165, 1.54) is 12.8 Å². The lowest BCUT2D eigenvalue weighted by atomic mass is 10.2. The van der Waals surface area contributed by atoms with Crippen LogP contribution < -0.4 is 10.1 Å². The molecule has 1 N–H and O–H groups in total. The molecule has 0 saturated heterocycles. The summed E-state index contributed by atoms with van der Waals surface area (Å²) in [6.07, 6.45) is 6.09. The van der Waals surface area contributed by atoms with E-state index in [2.05, 4.69) is 26.2 Å². The van der Waals surface area contributed by atoms with Crippen molar-refractivity contribution in [2.75, 3.05) is 0 Å². The molecule has 0 amide bonds. The highest BCUT2D eigenvalue weighted by Crippen LogP contribution is 2.32. The van der Waals surface area contributed by atoms with Crippen molar-refractivity contribution in [3.05, 3.63) is 51.7 Å². The lowest BCUT2D eigenvalue weighted by molar-refractivity contribution is 0.479. The molecule has 1 aliphatic carbocycles. The van der Waals surface area contributed by atoms with Crippen LogP contribution in [0.3, 0.4) is 0 Å². The molecule has 0 aliphatic heterocycles. The predicted octanol–water partition coefficient (Wildman–Crippen LogP) is 4.54. The predicted molar refractivity (Wildman–Crippen MR) is 83.3 cm³/mol. The summed E-state index contributed by atoms with van der Waals surface area (Å²) < 4.78 is 6.73. The number of hydrogen-bond donors (Lipinski definition) is 1. The molecule has 5 heteroatoms. The van der Waals surface area contributed by atoms with Crippen molar-refractivity contribution in [1.29, 1.82) is 0 Å². The van der Waals surface area contributed by atoms with Crippen LogP contribution in [-0.4, -0.2) is 11.0 Å². The van der Waals surface area contributed by atoms with Crippen molar-refractivity contribution in [2.24, 2.45) is 0 Å². The van der Waals surface area contributed by atoms with Crippen molar-refractivity contribution >= 4 is 27.5 Å². The van der Waals surface area contributed by atoms with Gasteiger partial charge in [0.15, 0.2) is 0 Å². The van der Waals surface area contributed by atoms with E-state index in [1.807, 2.05) is 24.4 Å². The molecule has 1 fully saturated rings. The zero-order valence-corrected chi connectivity index (χ0v) is 13.1. The number of benzene rings is 1. The second-order valence-electron chi connectivity index (χ2n) is 4.86. The summed E-state index contributed by atoms with van der Waals surface area (Å²) in [4.78, 5) is 4.21. The van der Waals surface area contributed by atoms with Gasteiger partial charge in [-0.15, -0.1) is 0 Å². The molecule has 1 aliphatic rings. The molecule has 104 valence electrons. The first-order chi connectivity index (χ1) is 9.70. The number of hydrogen-bond acceptors (Lipinski definition) is 3. The molecule has 1 heterocycles. The summed E-state index contributed by atoms with van der Waals surface area (Å²) in [5.41, 5.74) is 1.11. The van der Waals surface area contributed by atoms with Crippen LogP contribution in [0.5, 0.6) is 11.5 Å². The Hall–Kier alpha value is -1.10. The van der Waals surface area contributed by atoms with Crippen LogP contribution in [0.4, 0.5) is 0 Å². The Morgan fingerprint density at radius 3 is 2.95 bits per heavy atom. The van der Waals surface area contributed by atoms with E-state index in [0.717, 1.165) is 16.6 Å². The van der Waals surface area contributed by atoms with E-state index >= 15 is 0 Å². The van der Waals surface area contributed by atoms with Crippen LogP contribution >= 0.6 is 27.5 Å². The van der Waals surface area contributed by atoms with E-state index in [-0.39, 0.29) is 0 Å². The number of rotatable bonds is 5. The van der Waals surface area contributed by atoms with Crippen LogP contribution in [0.2, 0.25) is 5.02 Å². The summed E-state index contributed by atoms with van der Waals surface area (Å²) in [6, 6.07) is 8.19. The first-order valence-corrected chi connectivity index (χ1v) is 7.68. The Kier molecular flexibility index (Phi) is 4.24. The second-order valence-corrected chi connectivity index (χ2v) is 6.18. The minimum absolute atomic E-state index is 0.578. The largest absolute Gasteiger partial charge is 0.454 e. The number of halogens is 2. The molecule has 0 atom stereocenters. The van der Waals surface area contributed by atoms with E-state index in [9.17, 15) is 0 Å². The maximum absolute atomic E-state index is 6.12. The molecule has 1 aromatic heterocycles. The first-order valence-electron chi connectivity index (χ1n) is 6.51. The Morgan fingerprint density at radius 2 is 2.15 bits per heavy atom. The van der Waals surface area contributed by atoms with Crippen LogP contribution in [0.15, 0.2) is 41.1 Å². The monoisotopic (exact) mass is 352 g/mol. The van der Waals surface area contributed by atoms with Crippen molar-refractivity contribution in [3.63, 3.8) is 0 Å². The van der Waals surface area contributed by atoms with Gasteiger partial charge in [-0.2, -0.15) is 0 Å². The molecular formula is C15H14BrClN2O. The van der Waals surface area contributed by atoms with Crippen molar-refractivity contribution in [1.82, 2.24) is 10.3 Å². The SMILES string of the molecule is Clc1ccc(Br)cc1Oc1cncc(CNC2CC2)c1. The molecule has 2 aromatic rings. The van der Waals surface area contributed by atoms with E-state index in [1.54, 1.807) is 12.3 Å². The van der Waals surface area contributed by atoms with Gasteiger partial charge in [-0.3, -0.25) is 4.98 Å². The van der Waals surface area contributed by atoms with Gasteiger partial charge in [0.1, 0.15) is 11.5 Å². The minimum atomic E-state index is 0.578. The molecule has 0 radical (unpaired) electrons. The molecule has 0 spiro atoms. The van der Waals surface area contributed by atoms with Crippen LogP contribution in [0.25, 0.3) is 0 Å². The number of pyridine rings is 1. The minimum Gasteiger partial charge on any atom is -0.454 e. The fraction of sp³-hybridized carbons (Fsp3) is 0.267. The van der Waals surface area contributed by atoms with Crippen LogP contribution in [0, 0.1) is 0 Å². The Balaban J connectivity index is 1.72. The van der Waals surface area contributed by atoms with Crippen LogP contribution in [-0.2, 0) is 6.54 Å². The Bertz CT molecular complexity index is 617. The quantitative estimate of drug-likeness (QED) is 0.857. The second kappa shape index (κ2) is 6.12. The number of aromatic nitrogens is 1. The average Bonchev–Trinajstić information content (AvgIpc) is 3.25. The van der Waals surface area contributed by atoms with Gasteiger partial charge in [0, 0.05) is 23.3 Å². The molecule has 0 unspecified atom stereocenters. The third-order valence-electron chi connectivity index (χ3n) is 3.06. The first kappa shape index (κ1) is 13.9. The fourth-order valence-corrected chi connectivity index (χ4v) is 2.34. The Morgan fingerprint density at radius 1 is 1.30 bits per heavy atom. The van der Waals surface area contributed by atoms with E-state index in [0.29, 0.717) is 22.6 Å². The normalized spacial score (nSPS) is 14.3. The standard InChI is InChI=1S/C15H14BrClN2O/c16-11-1-4-14(17)15(6-11)20-13-5-10(7-18-9-13)8-19-12-2-3-12/h1,4-7,9,12,19H,2-3,8H2. The van der Waals surface area contributed by atoms with Gasteiger partial charge in [-0.25, -0.2) is 0 Å². The van der Waals surface area contributed by atoms with Gasteiger partial charge < -0.3 is 10.1 Å². The maximum Gasteiger partial charge on any atom is 0.147 e. The highest BCUT2D eigenvalue weighted by molar-refractivity contribution is 9.10. The zero-order chi connectivity index (χ0) is 13.9. The summed E-state index contributed by atoms with van der Waals surface area (Å²) in [5.74, 6) is 1.32. The lowest BCUT2D eigenvalue weighted by Gasteiger charge is -2.09. The van der Waals surface area contributed by atoms with E-state index in [4.69, 9.17) is 16.3 Å². The smallest absolute Gasteiger partial charge is 0.147 e. The molecule has 0 bridgehead atoms.